The second-order valence-corrected chi connectivity index (χ2v) is 5.74. The van der Waals surface area contributed by atoms with Gasteiger partial charge in [-0.15, -0.1) is 12.4 Å². The molecule has 3 rings (SSSR count). The summed E-state index contributed by atoms with van der Waals surface area (Å²) in [4.78, 5) is 16.5. The molecule has 0 bridgehead atoms. The fourth-order valence-corrected chi connectivity index (χ4v) is 2.58. The van der Waals surface area contributed by atoms with Crippen molar-refractivity contribution in [2.24, 2.45) is 5.73 Å². The van der Waals surface area contributed by atoms with Crippen LogP contribution in [0.2, 0.25) is 0 Å². The number of nitrogens with zero attached hydrogens (tertiary/aromatic N) is 1. The molecule has 0 unspecified atom stereocenters. The SMILES string of the molecule is CN(C(=N)N)C(=O)c1cc2cccc(OCCc3ccccc3)c2[nH]1.Cl. The third-order valence-corrected chi connectivity index (χ3v) is 4.01. The van der Waals surface area contributed by atoms with E-state index in [2.05, 4.69) is 17.1 Å². The van der Waals surface area contributed by atoms with Crippen LogP contribution in [0.15, 0.2) is 54.6 Å². The van der Waals surface area contributed by atoms with Crippen molar-refractivity contribution in [3.05, 3.63) is 65.9 Å². The molecule has 6 nitrogen and oxygen atoms in total. The van der Waals surface area contributed by atoms with Crippen LogP contribution in [0.5, 0.6) is 5.75 Å². The number of hydrogen-bond donors (Lipinski definition) is 3. The molecule has 0 aliphatic rings. The minimum Gasteiger partial charge on any atom is -0.491 e. The first-order valence-corrected chi connectivity index (χ1v) is 7.97. The van der Waals surface area contributed by atoms with Crippen LogP contribution in [0, 0.1) is 5.41 Å². The first-order valence-electron chi connectivity index (χ1n) is 7.97. The average molecular weight is 373 g/mol. The van der Waals surface area contributed by atoms with Crippen molar-refractivity contribution in [2.45, 2.75) is 6.42 Å². The van der Waals surface area contributed by atoms with Crippen molar-refractivity contribution in [3.8, 4) is 5.75 Å². The van der Waals surface area contributed by atoms with Gasteiger partial charge < -0.3 is 15.5 Å². The highest BCUT2D eigenvalue weighted by Gasteiger charge is 2.17. The van der Waals surface area contributed by atoms with E-state index < -0.39 is 0 Å². The third-order valence-electron chi connectivity index (χ3n) is 4.01. The normalized spacial score (nSPS) is 10.2. The number of amides is 1. The molecule has 26 heavy (non-hydrogen) atoms. The quantitative estimate of drug-likeness (QED) is 0.474. The number of ether oxygens (including phenoxy) is 1. The smallest absolute Gasteiger partial charge is 0.276 e. The van der Waals surface area contributed by atoms with Gasteiger partial charge in [-0.3, -0.25) is 15.1 Å². The highest BCUT2D eigenvalue weighted by molar-refractivity contribution is 6.06. The molecule has 136 valence electrons. The van der Waals surface area contributed by atoms with Gasteiger partial charge in [-0.2, -0.15) is 0 Å². The largest absolute Gasteiger partial charge is 0.491 e. The van der Waals surface area contributed by atoms with E-state index >= 15 is 0 Å². The van der Waals surface area contributed by atoms with Crippen molar-refractivity contribution < 1.29 is 9.53 Å². The number of guanidine groups is 1. The van der Waals surface area contributed by atoms with Gasteiger partial charge in [-0.1, -0.05) is 42.5 Å². The highest BCUT2D eigenvalue weighted by atomic mass is 35.5. The summed E-state index contributed by atoms with van der Waals surface area (Å²) in [6, 6.07) is 17.5. The Morgan fingerprint density at radius 3 is 2.62 bits per heavy atom. The van der Waals surface area contributed by atoms with Gasteiger partial charge >= 0.3 is 0 Å². The van der Waals surface area contributed by atoms with Gasteiger partial charge in [0, 0.05) is 18.9 Å². The maximum atomic E-state index is 12.3. The summed E-state index contributed by atoms with van der Waals surface area (Å²) in [7, 11) is 1.47. The van der Waals surface area contributed by atoms with Crippen molar-refractivity contribution in [1.29, 1.82) is 5.41 Å². The lowest BCUT2D eigenvalue weighted by atomic mass is 10.2. The van der Waals surface area contributed by atoms with Gasteiger partial charge in [0.25, 0.3) is 5.91 Å². The van der Waals surface area contributed by atoms with Crippen molar-refractivity contribution in [2.75, 3.05) is 13.7 Å². The van der Waals surface area contributed by atoms with Crippen molar-refractivity contribution in [1.82, 2.24) is 9.88 Å². The van der Waals surface area contributed by atoms with E-state index in [1.165, 1.54) is 12.6 Å². The minimum absolute atomic E-state index is 0. The molecule has 0 saturated carbocycles. The number of carbonyl (C=O) groups excluding carboxylic acids is 1. The highest BCUT2D eigenvalue weighted by Crippen LogP contribution is 2.26. The lowest BCUT2D eigenvalue weighted by Gasteiger charge is -2.12. The zero-order valence-electron chi connectivity index (χ0n) is 14.4. The summed E-state index contributed by atoms with van der Waals surface area (Å²) in [6.07, 6.45) is 0.802. The number of H-pyrrole nitrogens is 1. The zero-order chi connectivity index (χ0) is 17.8. The summed E-state index contributed by atoms with van der Waals surface area (Å²) >= 11 is 0. The Hall–Kier alpha value is -2.99. The lowest BCUT2D eigenvalue weighted by molar-refractivity contribution is 0.0864. The molecule has 0 aliphatic carbocycles. The van der Waals surface area contributed by atoms with Crippen LogP contribution >= 0.6 is 12.4 Å². The lowest BCUT2D eigenvalue weighted by Crippen LogP contribution is -2.38. The van der Waals surface area contributed by atoms with Crippen LogP contribution in [0.4, 0.5) is 0 Å². The number of nitrogens with two attached hydrogens (primary N) is 1. The number of hydrogen-bond acceptors (Lipinski definition) is 3. The number of aromatic amines is 1. The Kier molecular flexibility index (Phi) is 6.25. The van der Waals surface area contributed by atoms with Gasteiger partial charge in [-0.25, -0.2) is 0 Å². The fraction of sp³-hybridized carbons (Fsp3) is 0.158. The number of para-hydroxylation sites is 1. The Bertz CT molecular complexity index is 908. The van der Waals surface area contributed by atoms with Gasteiger partial charge in [0.15, 0.2) is 5.96 Å². The van der Waals surface area contributed by atoms with Crippen LogP contribution in [-0.2, 0) is 6.42 Å². The van der Waals surface area contributed by atoms with Gasteiger partial charge in [-0.05, 0) is 17.7 Å². The van der Waals surface area contributed by atoms with E-state index in [0.717, 1.165) is 22.2 Å². The molecule has 0 fully saturated rings. The van der Waals surface area contributed by atoms with Crippen molar-refractivity contribution in [3.63, 3.8) is 0 Å². The van der Waals surface area contributed by atoms with Gasteiger partial charge in [0.2, 0.25) is 0 Å². The standard InChI is InChI=1S/C19H20N4O2.ClH/c1-23(19(20)21)18(24)15-12-14-8-5-9-16(17(14)22-15)25-11-10-13-6-3-2-4-7-13;/h2-9,12,22H,10-11H2,1H3,(H3,20,21);1H. The predicted octanol–water partition coefficient (Wildman–Crippen LogP) is 3.18. The average Bonchev–Trinajstić information content (AvgIpc) is 3.06. The Labute approximate surface area is 157 Å². The third kappa shape index (κ3) is 4.15. The molecule has 0 atom stereocenters. The maximum absolute atomic E-state index is 12.3. The second-order valence-electron chi connectivity index (χ2n) is 5.74. The number of rotatable bonds is 5. The molecule has 4 N–H and O–H groups in total. The molecule has 3 aromatic rings. The molecule has 7 heteroatoms. The molecule has 0 aliphatic heterocycles. The fourth-order valence-electron chi connectivity index (χ4n) is 2.58. The molecular weight excluding hydrogens is 352 g/mol. The molecule has 0 radical (unpaired) electrons. The monoisotopic (exact) mass is 372 g/mol. The van der Waals surface area contributed by atoms with E-state index in [0.29, 0.717) is 18.1 Å². The molecule has 0 saturated heterocycles. The van der Waals surface area contributed by atoms with Crippen LogP contribution < -0.4 is 10.5 Å². The van der Waals surface area contributed by atoms with Gasteiger partial charge in [0.05, 0.1) is 12.1 Å². The van der Waals surface area contributed by atoms with Crippen LogP contribution in [0.25, 0.3) is 10.9 Å². The molecule has 1 heterocycles. The Morgan fingerprint density at radius 1 is 1.19 bits per heavy atom. The Balaban J connectivity index is 0.00000243. The molecule has 2 aromatic carbocycles. The van der Waals surface area contributed by atoms with E-state index in [1.807, 2.05) is 36.4 Å². The number of nitrogens with one attached hydrogen (secondary N) is 2. The second kappa shape index (κ2) is 8.40. The van der Waals surface area contributed by atoms with E-state index in [9.17, 15) is 4.79 Å². The van der Waals surface area contributed by atoms with E-state index in [1.54, 1.807) is 6.07 Å². The number of aromatic nitrogens is 1. The number of carbonyl (C=O) groups is 1. The minimum atomic E-state index is -0.362. The summed E-state index contributed by atoms with van der Waals surface area (Å²) < 4.78 is 5.90. The first-order chi connectivity index (χ1) is 12.1. The molecule has 0 spiro atoms. The number of halogens is 1. The van der Waals surface area contributed by atoms with Crippen LogP contribution in [0.1, 0.15) is 16.1 Å². The van der Waals surface area contributed by atoms with Crippen LogP contribution in [-0.4, -0.2) is 35.4 Å². The molecule has 1 aromatic heterocycles. The van der Waals surface area contributed by atoms with E-state index in [4.69, 9.17) is 15.9 Å². The molecule has 1 amide bonds. The van der Waals surface area contributed by atoms with E-state index in [-0.39, 0.29) is 24.3 Å². The topological polar surface area (TPSA) is 95.2 Å². The summed E-state index contributed by atoms with van der Waals surface area (Å²) in [6.45, 7) is 0.540. The van der Waals surface area contributed by atoms with Gasteiger partial charge in [0.1, 0.15) is 11.4 Å². The first kappa shape index (κ1) is 19.3. The zero-order valence-corrected chi connectivity index (χ0v) is 15.2. The predicted molar refractivity (Wildman–Crippen MR) is 105 cm³/mol. The number of benzene rings is 2. The maximum Gasteiger partial charge on any atom is 0.276 e. The van der Waals surface area contributed by atoms with Crippen LogP contribution in [0.3, 0.4) is 0 Å². The summed E-state index contributed by atoms with van der Waals surface area (Å²) in [5.41, 5.74) is 7.71. The summed E-state index contributed by atoms with van der Waals surface area (Å²) in [5, 5.41) is 8.25. The number of fused-ring (bicyclic) bond motifs is 1. The molecular formula is C19H21ClN4O2. The summed E-state index contributed by atoms with van der Waals surface area (Å²) in [5.74, 6) is 0.0277. The van der Waals surface area contributed by atoms with Crippen molar-refractivity contribution >= 4 is 35.2 Å². The Morgan fingerprint density at radius 2 is 1.92 bits per heavy atom.